The van der Waals surface area contributed by atoms with Gasteiger partial charge in [-0.2, -0.15) is 0 Å². The van der Waals surface area contributed by atoms with Crippen LogP contribution < -0.4 is 5.32 Å². The summed E-state index contributed by atoms with van der Waals surface area (Å²) in [7, 11) is 0. The monoisotopic (exact) mass is 191 g/mol. The standard InChI is InChI=1S/C12H14FN/c1-3-11(14-4-2)9-10-7-5-6-8-12(10)13/h1,5-8,11,14H,4,9H2,2H3. The molecular weight excluding hydrogens is 177 g/mol. The molecule has 0 aliphatic rings. The van der Waals surface area contributed by atoms with Gasteiger partial charge in [-0.05, 0) is 18.2 Å². The van der Waals surface area contributed by atoms with Gasteiger partial charge in [0.05, 0.1) is 6.04 Å². The molecule has 0 heterocycles. The third kappa shape index (κ3) is 2.86. The van der Waals surface area contributed by atoms with Crippen molar-refractivity contribution >= 4 is 0 Å². The first-order valence-corrected chi connectivity index (χ1v) is 4.70. The molecule has 1 N–H and O–H groups in total. The molecule has 1 aromatic rings. The van der Waals surface area contributed by atoms with Crippen molar-refractivity contribution in [3.05, 3.63) is 35.6 Å². The molecule has 0 fully saturated rings. The van der Waals surface area contributed by atoms with E-state index in [1.54, 1.807) is 12.1 Å². The summed E-state index contributed by atoms with van der Waals surface area (Å²) < 4.78 is 13.2. The molecule has 2 heteroatoms. The van der Waals surface area contributed by atoms with Crippen LogP contribution in [0.5, 0.6) is 0 Å². The second-order valence-electron chi connectivity index (χ2n) is 3.07. The van der Waals surface area contributed by atoms with Crippen molar-refractivity contribution in [2.75, 3.05) is 6.54 Å². The van der Waals surface area contributed by atoms with Crippen molar-refractivity contribution in [2.24, 2.45) is 0 Å². The summed E-state index contributed by atoms with van der Waals surface area (Å²) in [5, 5.41) is 3.11. The van der Waals surface area contributed by atoms with Crippen molar-refractivity contribution in [1.82, 2.24) is 5.32 Å². The fourth-order valence-electron chi connectivity index (χ4n) is 1.32. The fraction of sp³-hybridized carbons (Fsp3) is 0.333. The van der Waals surface area contributed by atoms with Crippen molar-refractivity contribution in [3.63, 3.8) is 0 Å². The van der Waals surface area contributed by atoms with Crippen LogP contribution in [0.15, 0.2) is 24.3 Å². The van der Waals surface area contributed by atoms with Crippen molar-refractivity contribution in [3.8, 4) is 12.3 Å². The molecule has 0 aromatic heterocycles. The molecule has 0 spiro atoms. The maximum atomic E-state index is 13.2. The molecular formula is C12H14FN. The van der Waals surface area contributed by atoms with Crippen LogP contribution in [0.4, 0.5) is 4.39 Å². The summed E-state index contributed by atoms with van der Waals surface area (Å²) in [6.07, 6.45) is 5.86. The van der Waals surface area contributed by atoms with Gasteiger partial charge in [-0.3, -0.25) is 0 Å². The summed E-state index contributed by atoms with van der Waals surface area (Å²) in [4.78, 5) is 0. The van der Waals surface area contributed by atoms with Gasteiger partial charge in [0.1, 0.15) is 5.82 Å². The Balaban J connectivity index is 2.68. The molecule has 0 aliphatic heterocycles. The Morgan fingerprint density at radius 3 is 2.79 bits per heavy atom. The Morgan fingerprint density at radius 2 is 2.21 bits per heavy atom. The highest BCUT2D eigenvalue weighted by molar-refractivity contribution is 5.20. The summed E-state index contributed by atoms with van der Waals surface area (Å²) in [5.74, 6) is 2.41. The number of rotatable bonds is 4. The van der Waals surface area contributed by atoms with Crippen LogP contribution in [0.25, 0.3) is 0 Å². The van der Waals surface area contributed by atoms with Crippen molar-refractivity contribution in [1.29, 1.82) is 0 Å². The second kappa shape index (κ2) is 5.41. The smallest absolute Gasteiger partial charge is 0.126 e. The van der Waals surface area contributed by atoms with Crippen molar-refractivity contribution in [2.45, 2.75) is 19.4 Å². The lowest BCUT2D eigenvalue weighted by molar-refractivity contribution is 0.577. The van der Waals surface area contributed by atoms with E-state index < -0.39 is 0 Å². The quantitative estimate of drug-likeness (QED) is 0.717. The molecule has 0 radical (unpaired) electrons. The first kappa shape index (κ1) is 10.7. The van der Waals surface area contributed by atoms with Gasteiger partial charge in [0.25, 0.3) is 0 Å². The predicted molar refractivity (Wildman–Crippen MR) is 56.4 cm³/mol. The molecule has 1 atom stereocenters. The molecule has 1 unspecified atom stereocenters. The Hall–Kier alpha value is -1.33. The van der Waals surface area contributed by atoms with Crippen LogP contribution in [0.1, 0.15) is 12.5 Å². The van der Waals surface area contributed by atoms with E-state index in [-0.39, 0.29) is 11.9 Å². The maximum Gasteiger partial charge on any atom is 0.126 e. The molecule has 1 aromatic carbocycles. The van der Waals surface area contributed by atoms with E-state index in [1.807, 2.05) is 13.0 Å². The van der Waals surface area contributed by atoms with Gasteiger partial charge >= 0.3 is 0 Å². The molecule has 74 valence electrons. The zero-order chi connectivity index (χ0) is 10.4. The van der Waals surface area contributed by atoms with Crippen LogP contribution in [0.3, 0.4) is 0 Å². The van der Waals surface area contributed by atoms with Crippen LogP contribution >= 0.6 is 0 Å². The van der Waals surface area contributed by atoms with Crippen LogP contribution in [0, 0.1) is 18.2 Å². The third-order valence-corrected chi connectivity index (χ3v) is 2.03. The lowest BCUT2D eigenvalue weighted by atomic mass is 10.1. The van der Waals surface area contributed by atoms with Crippen LogP contribution in [-0.2, 0) is 6.42 Å². The lowest BCUT2D eigenvalue weighted by Gasteiger charge is -2.11. The van der Waals surface area contributed by atoms with Gasteiger partial charge in [0.2, 0.25) is 0 Å². The molecule has 0 amide bonds. The minimum Gasteiger partial charge on any atom is -0.304 e. The largest absolute Gasteiger partial charge is 0.304 e. The SMILES string of the molecule is C#CC(Cc1ccccc1F)NCC. The van der Waals surface area contributed by atoms with Crippen LogP contribution in [-0.4, -0.2) is 12.6 Å². The fourth-order valence-corrected chi connectivity index (χ4v) is 1.32. The molecule has 1 nitrogen and oxygen atoms in total. The Labute approximate surface area is 84.3 Å². The summed E-state index contributed by atoms with van der Waals surface area (Å²) in [5.41, 5.74) is 0.663. The number of benzene rings is 1. The van der Waals surface area contributed by atoms with Gasteiger partial charge in [0.15, 0.2) is 0 Å². The van der Waals surface area contributed by atoms with Gasteiger partial charge in [0, 0.05) is 6.42 Å². The van der Waals surface area contributed by atoms with E-state index in [4.69, 9.17) is 6.42 Å². The molecule has 0 bridgehead atoms. The lowest BCUT2D eigenvalue weighted by Crippen LogP contribution is -2.29. The Bertz CT molecular complexity index is 327. The average molecular weight is 191 g/mol. The second-order valence-corrected chi connectivity index (χ2v) is 3.07. The molecule has 0 saturated heterocycles. The first-order chi connectivity index (χ1) is 6.77. The number of hydrogen-bond donors (Lipinski definition) is 1. The minimum atomic E-state index is -0.189. The highest BCUT2D eigenvalue weighted by Gasteiger charge is 2.07. The normalized spacial score (nSPS) is 12.1. The average Bonchev–Trinajstić information content (AvgIpc) is 2.20. The zero-order valence-corrected chi connectivity index (χ0v) is 8.26. The predicted octanol–water partition coefficient (Wildman–Crippen LogP) is 1.98. The summed E-state index contributed by atoms with van der Waals surface area (Å²) in [6, 6.07) is 6.62. The van der Waals surface area contributed by atoms with E-state index in [1.165, 1.54) is 6.07 Å². The number of likely N-dealkylation sites (N-methyl/N-ethyl adjacent to an activating group) is 1. The van der Waals surface area contributed by atoms with E-state index in [2.05, 4.69) is 11.2 Å². The zero-order valence-electron chi connectivity index (χ0n) is 8.26. The summed E-state index contributed by atoms with van der Waals surface area (Å²) >= 11 is 0. The third-order valence-electron chi connectivity index (χ3n) is 2.03. The number of hydrogen-bond acceptors (Lipinski definition) is 1. The Morgan fingerprint density at radius 1 is 1.50 bits per heavy atom. The van der Waals surface area contributed by atoms with Gasteiger partial charge in [-0.25, -0.2) is 4.39 Å². The van der Waals surface area contributed by atoms with E-state index >= 15 is 0 Å². The minimum absolute atomic E-state index is 0.0862. The topological polar surface area (TPSA) is 12.0 Å². The molecule has 0 aliphatic carbocycles. The number of terminal acetylenes is 1. The molecule has 14 heavy (non-hydrogen) atoms. The van der Waals surface area contributed by atoms with Crippen LogP contribution in [0.2, 0.25) is 0 Å². The van der Waals surface area contributed by atoms with E-state index in [0.717, 1.165) is 6.54 Å². The van der Waals surface area contributed by atoms with Crippen molar-refractivity contribution < 1.29 is 4.39 Å². The molecule has 0 saturated carbocycles. The summed E-state index contributed by atoms with van der Waals surface area (Å²) in [6.45, 7) is 2.77. The van der Waals surface area contributed by atoms with Gasteiger partial charge in [-0.15, -0.1) is 6.42 Å². The highest BCUT2D eigenvalue weighted by Crippen LogP contribution is 2.08. The van der Waals surface area contributed by atoms with E-state index in [0.29, 0.717) is 12.0 Å². The number of halogens is 1. The van der Waals surface area contributed by atoms with Gasteiger partial charge in [-0.1, -0.05) is 31.0 Å². The first-order valence-electron chi connectivity index (χ1n) is 4.70. The number of nitrogens with one attached hydrogen (secondary N) is 1. The van der Waals surface area contributed by atoms with E-state index in [9.17, 15) is 4.39 Å². The molecule has 1 rings (SSSR count). The highest BCUT2D eigenvalue weighted by atomic mass is 19.1. The Kier molecular flexibility index (Phi) is 4.15. The van der Waals surface area contributed by atoms with Gasteiger partial charge < -0.3 is 5.32 Å². The maximum absolute atomic E-state index is 13.2.